The average molecular weight is 590 g/mol. The van der Waals surface area contributed by atoms with Crippen LogP contribution in [0.2, 0.25) is 0 Å². The van der Waals surface area contributed by atoms with Gasteiger partial charge in [-0.1, -0.05) is 119 Å². The number of rotatable bonds is 5. The lowest BCUT2D eigenvalue weighted by Crippen LogP contribution is -2.63. The van der Waals surface area contributed by atoms with Crippen molar-refractivity contribution in [3.63, 3.8) is 0 Å². The average Bonchev–Trinajstić information content (AvgIpc) is 2.94. The van der Waals surface area contributed by atoms with Crippen molar-refractivity contribution in [1.82, 2.24) is 5.32 Å². The predicted octanol–water partition coefficient (Wildman–Crippen LogP) is 8.07. The Morgan fingerprint density at radius 2 is 1.39 bits per heavy atom. The number of benzene rings is 4. The van der Waals surface area contributed by atoms with E-state index < -0.39 is 28.3 Å². The second-order valence-electron chi connectivity index (χ2n) is 14.3. The Bertz CT molecular complexity index is 1670. The Hall–Kier alpha value is -4.38. The molecule has 1 aliphatic heterocycles. The highest BCUT2D eigenvalue weighted by molar-refractivity contribution is 6.00. The molecule has 0 radical (unpaired) electrons. The normalized spacial score (nSPS) is 18.4. The Kier molecular flexibility index (Phi) is 7.96. The van der Waals surface area contributed by atoms with Crippen molar-refractivity contribution in [3.8, 4) is 11.5 Å². The smallest absolute Gasteiger partial charge is 0.338 e. The largest absolute Gasteiger partial charge is 0.507 e. The number of aryl methyl sites for hydroxylation is 2. The molecular weight excluding hydrogens is 546 g/mol. The van der Waals surface area contributed by atoms with Crippen molar-refractivity contribution in [2.24, 2.45) is 0 Å². The number of carbonyl (C=O) groups excluding carboxylic acids is 2. The van der Waals surface area contributed by atoms with Crippen LogP contribution in [0.1, 0.15) is 96.8 Å². The van der Waals surface area contributed by atoms with E-state index in [2.05, 4.69) is 46.9 Å². The third-order valence-corrected chi connectivity index (χ3v) is 8.59. The van der Waals surface area contributed by atoms with Gasteiger partial charge in [-0.15, -0.1) is 0 Å². The molecule has 228 valence electrons. The van der Waals surface area contributed by atoms with Crippen LogP contribution in [-0.2, 0) is 22.0 Å². The molecule has 5 nitrogen and oxygen atoms in total. The highest BCUT2D eigenvalue weighted by Crippen LogP contribution is 2.49. The monoisotopic (exact) mass is 589 g/mol. The molecule has 5 rings (SSSR count). The molecular formula is C39H43NO4. The van der Waals surface area contributed by atoms with E-state index in [4.69, 9.17) is 4.74 Å². The van der Waals surface area contributed by atoms with Crippen LogP contribution in [-0.4, -0.2) is 22.5 Å². The van der Waals surface area contributed by atoms with E-state index >= 15 is 0 Å². The fraction of sp³-hybridized carbons (Fsp3) is 0.333. The van der Waals surface area contributed by atoms with E-state index in [0.717, 1.165) is 38.9 Å². The van der Waals surface area contributed by atoms with E-state index in [1.807, 2.05) is 86.6 Å². The fourth-order valence-electron chi connectivity index (χ4n) is 6.23. The standard InChI is InChI=1S/C39H43NO4/c1-24-14-17-27(18-15-24)35(42)40-39(23-26-12-10-9-11-13-26)33(29-20-25(2)16-19-32(29)44-36(39)43)28-21-30(37(3,4)5)34(41)31(22-28)38(6,7)8/h9-22,33,41H,23H2,1-8H3,(H,40,42)/t33-,39+/m0/s1. The van der Waals surface area contributed by atoms with Crippen molar-refractivity contribution in [2.75, 3.05) is 0 Å². The topological polar surface area (TPSA) is 75.6 Å². The minimum atomic E-state index is -1.49. The number of carbonyl (C=O) groups is 2. The van der Waals surface area contributed by atoms with Crippen LogP contribution in [0.25, 0.3) is 0 Å². The first kappa shape index (κ1) is 31.1. The van der Waals surface area contributed by atoms with E-state index in [1.54, 1.807) is 12.1 Å². The van der Waals surface area contributed by atoms with E-state index in [9.17, 15) is 14.7 Å². The van der Waals surface area contributed by atoms with Crippen molar-refractivity contribution in [2.45, 2.75) is 84.1 Å². The number of phenols is 1. The summed E-state index contributed by atoms with van der Waals surface area (Å²) in [6.07, 6.45) is 0.207. The first-order chi connectivity index (χ1) is 20.6. The van der Waals surface area contributed by atoms with Crippen LogP contribution >= 0.6 is 0 Å². The van der Waals surface area contributed by atoms with Gasteiger partial charge in [0.1, 0.15) is 11.5 Å². The molecule has 0 bridgehead atoms. The van der Waals surface area contributed by atoms with Gasteiger partial charge in [0.05, 0.1) is 0 Å². The van der Waals surface area contributed by atoms with Gasteiger partial charge >= 0.3 is 5.97 Å². The quantitative estimate of drug-likeness (QED) is 0.182. The maximum absolute atomic E-state index is 14.5. The molecule has 2 atom stereocenters. The molecule has 2 N–H and O–H groups in total. The van der Waals surface area contributed by atoms with Gasteiger partial charge in [-0.3, -0.25) is 4.79 Å². The molecule has 0 aliphatic carbocycles. The van der Waals surface area contributed by atoms with E-state index in [1.165, 1.54) is 0 Å². The summed E-state index contributed by atoms with van der Waals surface area (Å²) in [5.41, 5.74) is 4.34. The zero-order valence-electron chi connectivity index (χ0n) is 27.0. The van der Waals surface area contributed by atoms with Crippen molar-refractivity contribution >= 4 is 11.9 Å². The maximum atomic E-state index is 14.5. The molecule has 44 heavy (non-hydrogen) atoms. The number of hydrogen-bond donors (Lipinski definition) is 2. The van der Waals surface area contributed by atoms with Crippen LogP contribution in [0.4, 0.5) is 0 Å². The molecule has 4 aromatic rings. The molecule has 0 spiro atoms. The Morgan fingerprint density at radius 1 is 0.818 bits per heavy atom. The second kappa shape index (κ2) is 11.3. The lowest BCUT2D eigenvalue weighted by Gasteiger charge is -2.44. The lowest BCUT2D eigenvalue weighted by atomic mass is 9.67. The first-order valence-electron chi connectivity index (χ1n) is 15.2. The van der Waals surface area contributed by atoms with Crippen LogP contribution in [0.15, 0.2) is 84.9 Å². The molecule has 5 heteroatoms. The number of hydrogen-bond acceptors (Lipinski definition) is 4. The molecule has 0 saturated carbocycles. The zero-order chi connectivity index (χ0) is 32.0. The van der Waals surface area contributed by atoms with E-state index in [-0.39, 0.29) is 18.1 Å². The van der Waals surface area contributed by atoms with Gasteiger partial charge in [0.2, 0.25) is 0 Å². The molecule has 1 amide bonds. The molecule has 1 heterocycles. The molecule has 0 saturated heterocycles. The summed E-state index contributed by atoms with van der Waals surface area (Å²) in [7, 11) is 0. The Morgan fingerprint density at radius 3 is 1.95 bits per heavy atom. The highest BCUT2D eigenvalue weighted by atomic mass is 16.5. The molecule has 0 unspecified atom stereocenters. The van der Waals surface area contributed by atoms with Crippen molar-refractivity contribution < 1.29 is 19.4 Å². The molecule has 1 aliphatic rings. The number of nitrogens with one attached hydrogen (secondary N) is 1. The number of amides is 1. The SMILES string of the molecule is Cc1ccc(C(=O)N[C@@]2(Cc3ccccc3)C(=O)Oc3ccc(C)cc3[C@@H]2c2cc(C(C)(C)C)c(O)c(C(C)(C)C)c2)cc1. The minimum Gasteiger partial charge on any atom is -0.507 e. The number of fused-ring (bicyclic) bond motifs is 1. The number of phenolic OH excluding ortho intramolecular Hbond substituents is 1. The van der Waals surface area contributed by atoms with Gasteiger partial charge in [-0.05, 0) is 65.1 Å². The van der Waals surface area contributed by atoms with Gasteiger partial charge in [0, 0.05) is 23.5 Å². The van der Waals surface area contributed by atoms with Gasteiger partial charge in [0.25, 0.3) is 5.91 Å². The Balaban J connectivity index is 1.85. The summed E-state index contributed by atoms with van der Waals surface area (Å²) >= 11 is 0. The molecule has 0 fully saturated rings. The minimum absolute atomic E-state index is 0.207. The molecule has 0 aromatic heterocycles. The number of ether oxygens (including phenoxy) is 1. The van der Waals surface area contributed by atoms with Gasteiger partial charge in [0.15, 0.2) is 5.54 Å². The first-order valence-corrected chi connectivity index (χ1v) is 15.2. The maximum Gasteiger partial charge on any atom is 0.338 e. The third-order valence-electron chi connectivity index (χ3n) is 8.59. The third kappa shape index (κ3) is 5.88. The molecule has 4 aromatic carbocycles. The number of esters is 1. The predicted molar refractivity (Wildman–Crippen MR) is 176 cm³/mol. The second-order valence-corrected chi connectivity index (χ2v) is 14.3. The van der Waals surface area contributed by atoms with Gasteiger partial charge < -0.3 is 15.2 Å². The Labute approximate surface area is 261 Å². The summed E-state index contributed by atoms with van der Waals surface area (Å²) in [5, 5.41) is 14.8. The number of aromatic hydroxyl groups is 1. The fourth-order valence-corrected chi connectivity index (χ4v) is 6.23. The summed E-state index contributed by atoms with van der Waals surface area (Å²) in [6.45, 7) is 16.4. The van der Waals surface area contributed by atoms with Gasteiger partial charge in [-0.2, -0.15) is 0 Å². The summed E-state index contributed by atoms with van der Waals surface area (Å²) < 4.78 is 6.10. The summed E-state index contributed by atoms with van der Waals surface area (Å²) in [6, 6.07) is 26.9. The van der Waals surface area contributed by atoms with Gasteiger partial charge in [-0.25, -0.2) is 4.79 Å². The van der Waals surface area contributed by atoms with Crippen molar-refractivity contribution in [1.29, 1.82) is 0 Å². The lowest BCUT2D eigenvalue weighted by molar-refractivity contribution is -0.144. The van der Waals surface area contributed by atoms with Crippen molar-refractivity contribution in [3.05, 3.63) is 129 Å². The van der Waals surface area contributed by atoms with Crippen LogP contribution in [0, 0.1) is 13.8 Å². The van der Waals surface area contributed by atoms with Crippen LogP contribution in [0.5, 0.6) is 11.5 Å². The zero-order valence-corrected chi connectivity index (χ0v) is 27.0. The summed E-state index contributed by atoms with van der Waals surface area (Å²) in [4.78, 5) is 28.6. The highest BCUT2D eigenvalue weighted by Gasteiger charge is 2.54. The van der Waals surface area contributed by atoms with Crippen LogP contribution < -0.4 is 10.1 Å². The van der Waals surface area contributed by atoms with Crippen LogP contribution in [0.3, 0.4) is 0 Å². The van der Waals surface area contributed by atoms with E-state index in [0.29, 0.717) is 11.3 Å². The summed E-state index contributed by atoms with van der Waals surface area (Å²) in [5.74, 6) is -0.762.